The van der Waals surface area contributed by atoms with Crippen molar-refractivity contribution in [3.05, 3.63) is 102 Å². The molecule has 0 aliphatic rings. The van der Waals surface area contributed by atoms with Crippen LogP contribution in [-0.4, -0.2) is 105 Å². The zero-order valence-electron chi connectivity index (χ0n) is 40.4. The first-order valence-electron chi connectivity index (χ1n) is 23.6. The Kier molecular flexibility index (Phi) is 21.2. The van der Waals surface area contributed by atoms with Crippen molar-refractivity contribution in [2.45, 2.75) is 129 Å². The SMILES string of the molecule is CC(C)C[C@@H](NC(=O)[C@@H](CCCCN)NC(=O)[C@H](NC(=O)[C@H](NC(=O)[C@@H](Cc1ccc(O)cc1)NC(=O)[C@@H](Cc1ccccc1)NC(=O)[C@H](N)Cc1c[nH]c2ccccc12)C(C)C)C(C)C)C(=O)O. The van der Waals surface area contributed by atoms with Crippen molar-refractivity contribution >= 4 is 52.3 Å². The highest BCUT2D eigenvalue weighted by molar-refractivity contribution is 5.97. The van der Waals surface area contributed by atoms with Gasteiger partial charge in [-0.1, -0.05) is 102 Å². The number of carbonyl (C=O) groups is 7. The lowest BCUT2D eigenvalue weighted by Crippen LogP contribution is -2.61. The van der Waals surface area contributed by atoms with Crippen molar-refractivity contribution in [2.75, 3.05) is 6.54 Å². The van der Waals surface area contributed by atoms with Crippen molar-refractivity contribution in [1.82, 2.24) is 36.9 Å². The molecule has 4 rings (SSSR count). The van der Waals surface area contributed by atoms with Crippen LogP contribution < -0.4 is 43.4 Å². The number of fused-ring (bicyclic) bond motifs is 1. The Morgan fingerprint density at radius 3 is 1.64 bits per heavy atom. The van der Waals surface area contributed by atoms with Gasteiger partial charge in [0, 0.05) is 29.9 Å². The number of aromatic hydroxyl groups is 1. The molecule has 374 valence electrons. The highest BCUT2D eigenvalue weighted by Gasteiger charge is 2.36. The lowest BCUT2D eigenvalue weighted by atomic mass is 9.97. The molecule has 0 aliphatic carbocycles. The van der Waals surface area contributed by atoms with Crippen molar-refractivity contribution in [2.24, 2.45) is 29.2 Å². The molecule has 0 saturated heterocycles. The van der Waals surface area contributed by atoms with E-state index in [9.17, 15) is 43.8 Å². The summed E-state index contributed by atoms with van der Waals surface area (Å²) in [5.74, 6) is -6.44. The Balaban J connectivity index is 1.56. The van der Waals surface area contributed by atoms with Crippen LogP contribution in [0.15, 0.2) is 85.1 Å². The smallest absolute Gasteiger partial charge is 0.326 e. The number of aromatic amines is 1. The van der Waals surface area contributed by atoms with Gasteiger partial charge in [-0.15, -0.1) is 0 Å². The Bertz CT molecular complexity index is 2340. The summed E-state index contributed by atoms with van der Waals surface area (Å²) in [6.45, 7) is 10.8. The van der Waals surface area contributed by atoms with E-state index in [1.54, 1.807) is 70.3 Å². The van der Waals surface area contributed by atoms with E-state index in [4.69, 9.17) is 11.5 Å². The lowest BCUT2D eigenvalue weighted by molar-refractivity contribution is -0.143. The predicted octanol–water partition coefficient (Wildman–Crippen LogP) is 2.71. The van der Waals surface area contributed by atoms with Gasteiger partial charge >= 0.3 is 5.97 Å². The molecule has 18 heteroatoms. The second-order valence-corrected chi connectivity index (χ2v) is 18.7. The number of aliphatic carboxylic acids is 1. The van der Waals surface area contributed by atoms with Crippen LogP contribution in [0.25, 0.3) is 10.9 Å². The van der Waals surface area contributed by atoms with Crippen molar-refractivity contribution < 1.29 is 43.8 Å². The molecule has 6 amide bonds. The zero-order chi connectivity index (χ0) is 50.8. The quantitative estimate of drug-likeness (QED) is 0.0387. The Labute approximate surface area is 403 Å². The number of nitrogens with two attached hydrogens (primary N) is 2. The average Bonchev–Trinajstić information content (AvgIpc) is 3.71. The Morgan fingerprint density at radius 1 is 0.565 bits per heavy atom. The minimum absolute atomic E-state index is 0.0169. The second kappa shape index (κ2) is 26.7. The molecule has 69 heavy (non-hydrogen) atoms. The number of hydrogen-bond acceptors (Lipinski definition) is 10. The third-order valence-corrected chi connectivity index (χ3v) is 11.8. The van der Waals surface area contributed by atoms with Gasteiger partial charge in [0.15, 0.2) is 0 Å². The third kappa shape index (κ3) is 17.0. The molecule has 7 atom stereocenters. The van der Waals surface area contributed by atoms with E-state index in [-0.39, 0.29) is 43.8 Å². The van der Waals surface area contributed by atoms with Crippen LogP contribution in [0.2, 0.25) is 0 Å². The molecule has 0 spiro atoms. The van der Waals surface area contributed by atoms with Gasteiger partial charge in [0.2, 0.25) is 35.4 Å². The van der Waals surface area contributed by atoms with Gasteiger partial charge in [-0.05, 0) is 91.3 Å². The highest BCUT2D eigenvalue weighted by Crippen LogP contribution is 2.20. The number of aromatic nitrogens is 1. The van der Waals surface area contributed by atoms with E-state index in [1.165, 1.54) is 12.1 Å². The van der Waals surface area contributed by atoms with Gasteiger partial charge in [0.05, 0.1) is 6.04 Å². The maximum absolute atomic E-state index is 14.4. The van der Waals surface area contributed by atoms with Gasteiger partial charge in [0.25, 0.3) is 0 Å². The maximum Gasteiger partial charge on any atom is 0.326 e. The monoisotopic (exact) mass is 954 g/mol. The summed E-state index contributed by atoms with van der Waals surface area (Å²) in [5.41, 5.74) is 15.1. The number of phenolic OH excluding ortho intramolecular Hbond substituents is 1. The van der Waals surface area contributed by atoms with Gasteiger partial charge in [-0.2, -0.15) is 0 Å². The van der Waals surface area contributed by atoms with Crippen LogP contribution in [0.3, 0.4) is 0 Å². The number of phenols is 1. The summed E-state index contributed by atoms with van der Waals surface area (Å²) in [6, 6.07) is 14.4. The summed E-state index contributed by atoms with van der Waals surface area (Å²) < 4.78 is 0. The van der Waals surface area contributed by atoms with E-state index in [2.05, 4.69) is 36.9 Å². The number of H-pyrrole nitrogens is 1. The summed E-state index contributed by atoms with van der Waals surface area (Å²) in [7, 11) is 0. The van der Waals surface area contributed by atoms with Crippen molar-refractivity contribution in [1.29, 1.82) is 0 Å². The number of amides is 6. The summed E-state index contributed by atoms with van der Waals surface area (Å²) >= 11 is 0. The number of unbranched alkanes of at least 4 members (excludes halogenated alkanes) is 1. The van der Waals surface area contributed by atoms with E-state index in [0.717, 1.165) is 22.0 Å². The second-order valence-electron chi connectivity index (χ2n) is 18.7. The van der Waals surface area contributed by atoms with Crippen LogP contribution in [0, 0.1) is 17.8 Å². The number of carboxylic acid groups (broad SMARTS) is 1. The molecule has 18 nitrogen and oxygen atoms in total. The standard InChI is InChI=1S/C51H71N9O9/c1-29(2)24-42(51(68)69)58-46(63)39(18-12-13-23-52)55-49(66)43(30(3)4)60-50(67)44(31(5)6)59-48(65)41(26-33-19-21-35(61)22-20-33)57-47(64)40(25-32-14-8-7-9-15-32)56-45(62)37(53)27-34-28-54-38-17-11-10-16-36(34)38/h7-11,14-17,19-22,28-31,37,39-44,54,61H,12-13,18,23-27,52-53H2,1-6H3,(H,55,66)(H,56,62)(H,57,64)(H,58,63)(H,59,65)(H,60,67)(H,68,69)/t37-,39-,40-,41-,42-,43-,44-/m1/s1. The topological polar surface area (TPSA) is 300 Å². The molecule has 3 aromatic carbocycles. The Morgan fingerprint density at radius 2 is 1.06 bits per heavy atom. The van der Waals surface area contributed by atoms with Crippen LogP contribution in [0.1, 0.15) is 83.9 Å². The van der Waals surface area contributed by atoms with Gasteiger partial charge in [0.1, 0.15) is 42.0 Å². The minimum atomic E-state index is -1.31. The molecule has 0 fully saturated rings. The molecular formula is C51H71N9O9. The number of hydrogen-bond donors (Lipinski definition) is 11. The number of para-hydroxylation sites is 1. The molecule has 0 bridgehead atoms. The first-order valence-corrected chi connectivity index (χ1v) is 23.6. The first kappa shape index (κ1) is 54.8. The molecule has 0 unspecified atom stereocenters. The van der Waals surface area contributed by atoms with E-state index in [1.807, 2.05) is 44.2 Å². The summed E-state index contributed by atoms with van der Waals surface area (Å²) in [6.07, 6.45) is 3.27. The third-order valence-electron chi connectivity index (χ3n) is 11.8. The minimum Gasteiger partial charge on any atom is -0.508 e. The molecular weight excluding hydrogens is 883 g/mol. The lowest BCUT2D eigenvalue weighted by Gasteiger charge is -2.30. The fourth-order valence-electron chi connectivity index (χ4n) is 7.87. The van der Waals surface area contributed by atoms with Gasteiger partial charge in [-0.25, -0.2) is 4.79 Å². The highest BCUT2D eigenvalue weighted by atomic mass is 16.4. The van der Waals surface area contributed by atoms with Crippen molar-refractivity contribution in [3.63, 3.8) is 0 Å². The maximum atomic E-state index is 14.4. The number of nitrogens with one attached hydrogen (secondary N) is 7. The number of benzene rings is 3. The van der Waals surface area contributed by atoms with Crippen LogP contribution >= 0.6 is 0 Å². The molecule has 1 aromatic heterocycles. The molecule has 0 aliphatic heterocycles. The van der Waals surface area contributed by atoms with Crippen molar-refractivity contribution in [3.8, 4) is 5.75 Å². The van der Waals surface area contributed by atoms with Crippen LogP contribution in [0.4, 0.5) is 0 Å². The first-order chi connectivity index (χ1) is 32.8. The summed E-state index contributed by atoms with van der Waals surface area (Å²) in [4.78, 5) is 99.3. The Hall–Kier alpha value is -6.79. The average molecular weight is 954 g/mol. The zero-order valence-corrected chi connectivity index (χ0v) is 40.4. The van der Waals surface area contributed by atoms with E-state index in [0.29, 0.717) is 24.9 Å². The van der Waals surface area contributed by atoms with Crippen LogP contribution in [0.5, 0.6) is 5.75 Å². The largest absolute Gasteiger partial charge is 0.508 e. The fourth-order valence-corrected chi connectivity index (χ4v) is 7.87. The number of rotatable bonds is 27. The molecule has 4 aromatic rings. The van der Waals surface area contributed by atoms with Gasteiger partial charge < -0.3 is 58.6 Å². The van der Waals surface area contributed by atoms with Crippen LogP contribution in [-0.2, 0) is 52.8 Å². The molecule has 0 saturated carbocycles. The van der Waals surface area contributed by atoms with Gasteiger partial charge in [-0.3, -0.25) is 28.8 Å². The number of carboxylic acids is 1. The molecule has 13 N–H and O–H groups in total. The number of carbonyl (C=O) groups excluding carboxylic acids is 6. The van der Waals surface area contributed by atoms with E-state index < -0.39 is 95.5 Å². The normalized spacial score (nSPS) is 14.5. The fraction of sp³-hybridized carbons (Fsp3) is 0.471. The molecule has 0 radical (unpaired) electrons. The molecule has 1 heterocycles. The predicted molar refractivity (Wildman–Crippen MR) is 263 cm³/mol. The van der Waals surface area contributed by atoms with E-state index >= 15 is 0 Å². The summed E-state index contributed by atoms with van der Waals surface area (Å²) in [5, 5.41) is 37.1.